The van der Waals surface area contributed by atoms with Crippen molar-refractivity contribution in [3.63, 3.8) is 0 Å². The third-order valence-corrected chi connectivity index (χ3v) is 5.78. The first-order chi connectivity index (χ1) is 9.33. The highest BCUT2D eigenvalue weighted by Crippen LogP contribution is 2.53. The van der Waals surface area contributed by atoms with Gasteiger partial charge in [0.2, 0.25) is 0 Å². The number of hydrogen-bond donors (Lipinski definition) is 1. The zero-order chi connectivity index (χ0) is 12.9. The average molecular weight is 252 g/mol. The van der Waals surface area contributed by atoms with E-state index in [0.717, 1.165) is 24.4 Å². The van der Waals surface area contributed by atoms with Gasteiger partial charge in [0.1, 0.15) is 0 Å². The molecule has 2 fully saturated rings. The van der Waals surface area contributed by atoms with E-state index in [1.165, 1.54) is 43.2 Å². The summed E-state index contributed by atoms with van der Waals surface area (Å²) in [5, 5.41) is 12.9. The Morgan fingerprint density at radius 3 is 3.11 bits per heavy atom. The fourth-order valence-corrected chi connectivity index (χ4v) is 4.99. The molecular weight excluding hydrogens is 232 g/mol. The Bertz CT molecular complexity index is 553. The van der Waals surface area contributed by atoms with E-state index in [2.05, 4.69) is 23.5 Å². The van der Waals surface area contributed by atoms with Crippen LogP contribution in [0, 0.1) is 17.2 Å². The van der Waals surface area contributed by atoms with Crippen molar-refractivity contribution in [1.29, 1.82) is 5.26 Å². The summed E-state index contributed by atoms with van der Waals surface area (Å²) >= 11 is 0. The van der Waals surface area contributed by atoms with Crippen molar-refractivity contribution in [2.45, 2.75) is 50.0 Å². The van der Waals surface area contributed by atoms with Gasteiger partial charge in [-0.15, -0.1) is 0 Å². The van der Waals surface area contributed by atoms with E-state index in [1.807, 2.05) is 6.07 Å². The minimum Gasteiger partial charge on any atom is -0.313 e. The minimum absolute atomic E-state index is 0.384. The molecule has 1 heterocycles. The summed E-state index contributed by atoms with van der Waals surface area (Å²) in [6, 6.07) is 9.41. The van der Waals surface area contributed by atoms with Crippen molar-refractivity contribution in [1.82, 2.24) is 5.32 Å². The Balaban J connectivity index is 1.91. The van der Waals surface area contributed by atoms with E-state index >= 15 is 0 Å². The second-order valence-electron chi connectivity index (χ2n) is 6.51. The first-order valence-corrected chi connectivity index (χ1v) is 7.60. The molecule has 1 aromatic carbocycles. The Kier molecular flexibility index (Phi) is 2.47. The molecule has 3 aliphatic rings. The molecule has 1 aromatic rings. The van der Waals surface area contributed by atoms with Crippen LogP contribution in [-0.4, -0.2) is 12.6 Å². The lowest BCUT2D eigenvalue weighted by atomic mass is 9.53. The van der Waals surface area contributed by atoms with Crippen molar-refractivity contribution < 1.29 is 0 Å². The molecule has 3 atom stereocenters. The van der Waals surface area contributed by atoms with Gasteiger partial charge in [-0.3, -0.25) is 0 Å². The second-order valence-corrected chi connectivity index (χ2v) is 6.51. The Hall–Kier alpha value is -1.33. The molecule has 2 heteroatoms. The predicted molar refractivity (Wildman–Crippen MR) is 74.9 cm³/mol. The van der Waals surface area contributed by atoms with Gasteiger partial charge in [0.15, 0.2) is 0 Å². The maximum absolute atomic E-state index is 9.20. The van der Waals surface area contributed by atoms with Gasteiger partial charge in [-0.05, 0) is 61.4 Å². The van der Waals surface area contributed by atoms with Gasteiger partial charge >= 0.3 is 0 Å². The van der Waals surface area contributed by atoms with Gasteiger partial charge in [-0.1, -0.05) is 18.9 Å². The van der Waals surface area contributed by atoms with Crippen molar-refractivity contribution in [2.24, 2.45) is 5.92 Å². The van der Waals surface area contributed by atoms with Crippen LogP contribution >= 0.6 is 0 Å². The number of piperidine rings is 1. The number of hydrogen-bond acceptors (Lipinski definition) is 2. The van der Waals surface area contributed by atoms with Crippen LogP contribution in [0.2, 0.25) is 0 Å². The lowest BCUT2D eigenvalue weighted by Gasteiger charge is -2.56. The highest BCUT2D eigenvalue weighted by molar-refractivity contribution is 5.46. The summed E-state index contributed by atoms with van der Waals surface area (Å²) in [4.78, 5) is 0. The van der Waals surface area contributed by atoms with Gasteiger partial charge in [0, 0.05) is 11.5 Å². The first-order valence-electron chi connectivity index (χ1n) is 7.60. The number of fused-ring (bicyclic) bond motifs is 1. The molecule has 98 valence electrons. The van der Waals surface area contributed by atoms with E-state index in [9.17, 15) is 5.26 Å². The Morgan fingerprint density at radius 1 is 1.26 bits per heavy atom. The molecule has 1 saturated heterocycles. The molecule has 0 aromatic heterocycles. The maximum Gasteiger partial charge on any atom is 0.0991 e. The van der Waals surface area contributed by atoms with Crippen LogP contribution in [-0.2, 0) is 11.8 Å². The second kappa shape index (κ2) is 4.08. The molecule has 2 bridgehead atoms. The van der Waals surface area contributed by atoms with E-state index in [4.69, 9.17) is 0 Å². The average Bonchev–Trinajstić information content (AvgIpc) is 2.47. The van der Waals surface area contributed by atoms with Gasteiger partial charge in [0.25, 0.3) is 0 Å². The van der Waals surface area contributed by atoms with Crippen LogP contribution < -0.4 is 5.32 Å². The van der Waals surface area contributed by atoms with Gasteiger partial charge < -0.3 is 5.32 Å². The quantitative estimate of drug-likeness (QED) is 0.770. The third-order valence-electron chi connectivity index (χ3n) is 5.78. The summed E-state index contributed by atoms with van der Waals surface area (Å²) < 4.78 is 0. The highest BCUT2D eigenvalue weighted by atomic mass is 15.0. The number of rotatable bonds is 0. The van der Waals surface area contributed by atoms with Crippen LogP contribution in [0.4, 0.5) is 0 Å². The van der Waals surface area contributed by atoms with E-state index < -0.39 is 0 Å². The third kappa shape index (κ3) is 1.51. The standard InChI is InChI=1S/C17H20N2/c18-11-12-4-5-13-10-16-14-3-1-2-6-17(14,7-8-19-16)15(13)9-12/h4-5,9,14,16,19H,1-3,6-8,10H2/t14-,16+,17+/m0/s1. The van der Waals surface area contributed by atoms with E-state index in [-0.39, 0.29) is 0 Å². The van der Waals surface area contributed by atoms with Gasteiger partial charge in [0.05, 0.1) is 11.6 Å². The maximum atomic E-state index is 9.20. The summed E-state index contributed by atoms with van der Waals surface area (Å²) in [5.41, 5.74) is 4.24. The monoisotopic (exact) mass is 252 g/mol. The summed E-state index contributed by atoms with van der Waals surface area (Å²) in [6.07, 6.45) is 7.87. The number of benzene rings is 1. The van der Waals surface area contributed by atoms with Crippen molar-refractivity contribution >= 4 is 0 Å². The smallest absolute Gasteiger partial charge is 0.0991 e. The predicted octanol–water partition coefficient (Wildman–Crippen LogP) is 2.90. The Morgan fingerprint density at radius 2 is 2.21 bits per heavy atom. The van der Waals surface area contributed by atoms with Gasteiger partial charge in [-0.2, -0.15) is 5.26 Å². The molecule has 1 aliphatic heterocycles. The number of nitrogens with zero attached hydrogens (tertiary/aromatic N) is 1. The molecular formula is C17H20N2. The number of nitrogens with one attached hydrogen (secondary N) is 1. The molecule has 2 nitrogen and oxygen atoms in total. The lowest BCUT2D eigenvalue weighted by molar-refractivity contribution is 0.0797. The van der Waals surface area contributed by atoms with E-state index in [0.29, 0.717) is 11.5 Å². The minimum atomic E-state index is 0.384. The summed E-state index contributed by atoms with van der Waals surface area (Å²) in [5.74, 6) is 0.802. The molecule has 2 aliphatic carbocycles. The molecule has 0 amide bonds. The van der Waals surface area contributed by atoms with Crippen molar-refractivity contribution in [2.75, 3.05) is 6.54 Å². The molecule has 1 N–H and O–H groups in total. The van der Waals surface area contributed by atoms with Crippen molar-refractivity contribution in [3.8, 4) is 6.07 Å². The zero-order valence-corrected chi connectivity index (χ0v) is 11.3. The largest absolute Gasteiger partial charge is 0.313 e. The van der Waals surface area contributed by atoms with Crippen LogP contribution in [0.5, 0.6) is 0 Å². The molecule has 1 saturated carbocycles. The fraction of sp³-hybridized carbons (Fsp3) is 0.588. The van der Waals surface area contributed by atoms with Crippen LogP contribution in [0.25, 0.3) is 0 Å². The lowest BCUT2D eigenvalue weighted by Crippen LogP contribution is -2.59. The molecule has 4 rings (SSSR count). The molecule has 0 radical (unpaired) electrons. The van der Waals surface area contributed by atoms with Crippen LogP contribution in [0.1, 0.15) is 48.8 Å². The first kappa shape index (κ1) is 11.5. The summed E-state index contributed by atoms with van der Waals surface area (Å²) in [6.45, 7) is 1.15. The Labute approximate surface area is 114 Å². The van der Waals surface area contributed by atoms with Gasteiger partial charge in [-0.25, -0.2) is 0 Å². The number of nitriles is 1. The molecule has 0 unspecified atom stereocenters. The normalized spacial score (nSPS) is 35.9. The van der Waals surface area contributed by atoms with Crippen molar-refractivity contribution in [3.05, 3.63) is 34.9 Å². The fourth-order valence-electron chi connectivity index (χ4n) is 4.99. The summed E-state index contributed by atoms with van der Waals surface area (Å²) in [7, 11) is 0. The molecule has 0 spiro atoms. The highest BCUT2D eigenvalue weighted by Gasteiger charge is 2.51. The van der Waals surface area contributed by atoms with Crippen LogP contribution in [0.3, 0.4) is 0 Å². The zero-order valence-electron chi connectivity index (χ0n) is 11.3. The molecule has 19 heavy (non-hydrogen) atoms. The van der Waals surface area contributed by atoms with Crippen LogP contribution in [0.15, 0.2) is 18.2 Å². The van der Waals surface area contributed by atoms with E-state index in [1.54, 1.807) is 0 Å². The topological polar surface area (TPSA) is 35.8 Å². The SMILES string of the molecule is N#Cc1ccc2c(c1)[C@@]13CCCC[C@H]1[C@@H](C2)NCC3.